The van der Waals surface area contributed by atoms with Crippen LogP contribution in [-0.4, -0.2) is 9.97 Å². The highest BCUT2D eigenvalue weighted by atomic mass is 14.9. The molecule has 0 spiro atoms. The Morgan fingerprint density at radius 1 is 0.426 bits per heavy atom. The Hall–Kier alpha value is -5.86. The van der Waals surface area contributed by atoms with Crippen molar-refractivity contribution in [3.63, 3.8) is 0 Å². The van der Waals surface area contributed by atoms with Crippen LogP contribution in [0.5, 0.6) is 0 Å². The molecule has 2 nitrogen and oxygen atoms in total. The first kappa shape index (κ1) is 27.5. The van der Waals surface area contributed by atoms with Gasteiger partial charge in [-0.2, -0.15) is 0 Å². The van der Waals surface area contributed by atoms with Gasteiger partial charge in [-0.3, -0.25) is 0 Å². The van der Waals surface area contributed by atoms with Gasteiger partial charge in [0.05, 0.1) is 11.4 Å². The predicted octanol–water partition coefficient (Wildman–Crippen LogP) is 11.8. The van der Waals surface area contributed by atoms with Crippen LogP contribution in [-0.2, 0) is 5.41 Å². The lowest BCUT2D eigenvalue weighted by Gasteiger charge is -2.23. The zero-order chi connectivity index (χ0) is 31.5. The fraction of sp³-hybridized carbons (Fsp3) is 0.0667. The molecule has 0 atom stereocenters. The summed E-state index contributed by atoms with van der Waals surface area (Å²) < 4.78 is 0. The van der Waals surface area contributed by atoms with Crippen LogP contribution in [0.3, 0.4) is 0 Å². The van der Waals surface area contributed by atoms with Crippen molar-refractivity contribution >= 4 is 21.5 Å². The average molecular weight is 601 g/mol. The summed E-state index contributed by atoms with van der Waals surface area (Å²) in [7, 11) is 0. The van der Waals surface area contributed by atoms with Gasteiger partial charge in [0.2, 0.25) is 0 Å². The quantitative estimate of drug-likeness (QED) is 0.201. The van der Waals surface area contributed by atoms with Crippen molar-refractivity contribution in [1.29, 1.82) is 0 Å². The van der Waals surface area contributed by atoms with Gasteiger partial charge in [-0.1, -0.05) is 166 Å². The van der Waals surface area contributed by atoms with E-state index in [0.717, 1.165) is 33.9 Å². The van der Waals surface area contributed by atoms with Crippen molar-refractivity contribution in [3.05, 3.63) is 169 Å². The van der Waals surface area contributed by atoms with Crippen LogP contribution in [0.25, 0.3) is 77.7 Å². The number of benzene rings is 7. The standard InChI is InChI=1S/C45H32N2/c1-45(2)39-23-13-22-37(42(39)38-25-24-29-14-9-10-19-32(29)43(38)45)35-26-27-36(34-21-12-11-20-33(34)35)41-28-40(30-15-5-3-6-16-30)46-44(47-41)31-17-7-4-8-18-31/h3-28H,1-2H3. The SMILES string of the molecule is CC1(C)c2cccc(-c3ccc(-c4cc(-c5ccccc5)nc(-c5ccccc5)n4)c4ccccc34)c2-c2ccc3ccccc3c21. The van der Waals surface area contributed by atoms with Crippen LogP contribution in [0.15, 0.2) is 158 Å². The maximum atomic E-state index is 5.18. The number of nitrogens with zero attached hydrogens (tertiary/aromatic N) is 2. The van der Waals surface area contributed by atoms with Gasteiger partial charge in [-0.25, -0.2) is 9.97 Å². The van der Waals surface area contributed by atoms with Crippen molar-refractivity contribution < 1.29 is 0 Å². The van der Waals surface area contributed by atoms with E-state index in [4.69, 9.17) is 9.97 Å². The maximum absolute atomic E-state index is 5.18. The van der Waals surface area contributed by atoms with Crippen molar-refractivity contribution in [3.8, 4) is 56.2 Å². The second-order valence-corrected chi connectivity index (χ2v) is 13.0. The van der Waals surface area contributed by atoms with E-state index in [0.29, 0.717) is 0 Å². The summed E-state index contributed by atoms with van der Waals surface area (Å²) in [5.41, 5.74) is 12.9. The Morgan fingerprint density at radius 2 is 1.02 bits per heavy atom. The third-order valence-electron chi connectivity index (χ3n) is 9.88. The molecule has 0 N–H and O–H groups in total. The topological polar surface area (TPSA) is 25.8 Å². The third-order valence-corrected chi connectivity index (χ3v) is 9.88. The molecule has 0 bridgehead atoms. The third kappa shape index (κ3) is 4.33. The monoisotopic (exact) mass is 600 g/mol. The predicted molar refractivity (Wildman–Crippen MR) is 196 cm³/mol. The molecule has 2 heteroatoms. The average Bonchev–Trinajstić information content (AvgIpc) is 3.38. The number of fused-ring (bicyclic) bond motifs is 6. The highest BCUT2D eigenvalue weighted by molar-refractivity contribution is 6.09. The molecule has 0 aliphatic heterocycles. The first-order chi connectivity index (χ1) is 23.1. The van der Waals surface area contributed by atoms with Gasteiger partial charge in [0.15, 0.2) is 5.82 Å². The molecular weight excluding hydrogens is 569 g/mol. The molecule has 0 fully saturated rings. The van der Waals surface area contributed by atoms with Crippen LogP contribution in [0.2, 0.25) is 0 Å². The molecule has 1 heterocycles. The van der Waals surface area contributed by atoms with Crippen LogP contribution in [0, 0.1) is 0 Å². The van der Waals surface area contributed by atoms with Gasteiger partial charge >= 0.3 is 0 Å². The summed E-state index contributed by atoms with van der Waals surface area (Å²) >= 11 is 0. The zero-order valence-electron chi connectivity index (χ0n) is 26.4. The number of hydrogen-bond acceptors (Lipinski definition) is 2. The van der Waals surface area contributed by atoms with Gasteiger partial charge in [-0.15, -0.1) is 0 Å². The smallest absolute Gasteiger partial charge is 0.160 e. The molecule has 0 amide bonds. The van der Waals surface area contributed by atoms with E-state index < -0.39 is 0 Å². The van der Waals surface area contributed by atoms with E-state index >= 15 is 0 Å². The fourth-order valence-electron chi connectivity index (χ4n) is 7.69. The Kier molecular flexibility index (Phi) is 6.20. The molecular formula is C45H32N2. The van der Waals surface area contributed by atoms with Crippen LogP contribution >= 0.6 is 0 Å². The van der Waals surface area contributed by atoms with E-state index in [1.807, 2.05) is 24.3 Å². The molecule has 0 saturated heterocycles. The van der Waals surface area contributed by atoms with E-state index in [1.54, 1.807) is 0 Å². The van der Waals surface area contributed by atoms with Crippen molar-refractivity contribution in [2.75, 3.05) is 0 Å². The van der Waals surface area contributed by atoms with E-state index in [9.17, 15) is 0 Å². The highest BCUT2D eigenvalue weighted by Gasteiger charge is 2.38. The highest BCUT2D eigenvalue weighted by Crippen LogP contribution is 2.55. The Labute approximate surface area is 275 Å². The molecule has 0 saturated carbocycles. The molecule has 1 aliphatic rings. The minimum absolute atomic E-state index is 0.111. The van der Waals surface area contributed by atoms with Crippen molar-refractivity contribution in [1.82, 2.24) is 9.97 Å². The minimum atomic E-state index is -0.111. The number of rotatable bonds is 4. The first-order valence-electron chi connectivity index (χ1n) is 16.3. The fourth-order valence-corrected chi connectivity index (χ4v) is 7.69. The molecule has 7 aromatic carbocycles. The molecule has 47 heavy (non-hydrogen) atoms. The largest absolute Gasteiger partial charge is 0.228 e. The van der Waals surface area contributed by atoms with Crippen molar-refractivity contribution in [2.24, 2.45) is 0 Å². The first-order valence-corrected chi connectivity index (χ1v) is 16.3. The van der Waals surface area contributed by atoms with E-state index in [-0.39, 0.29) is 5.41 Å². The Bertz CT molecular complexity index is 2420. The molecule has 0 radical (unpaired) electrons. The van der Waals surface area contributed by atoms with E-state index in [2.05, 4.69) is 147 Å². The molecule has 222 valence electrons. The summed E-state index contributed by atoms with van der Waals surface area (Å²) in [6.07, 6.45) is 0. The summed E-state index contributed by atoms with van der Waals surface area (Å²) in [6, 6.07) is 56.4. The van der Waals surface area contributed by atoms with Gasteiger partial charge in [-0.05, 0) is 61.0 Å². The maximum Gasteiger partial charge on any atom is 0.160 e. The Morgan fingerprint density at radius 3 is 1.79 bits per heavy atom. The second kappa shape index (κ2) is 10.6. The van der Waals surface area contributed by atoms with Crippen LogP contribution < -0.4 is 0 Å². The summed E-state index contributed by atoms with van der Waals surface area (Å²) in [4.78, 5) is 10.2. The van der Waals surface area contributed by atoms with E-state index in [1.165, 1.54) is 54.9 Å². The lowest BCUT2D eigenvalue weighted by Crippen LogP contribution is -2.15. The molecule has 0 unspecified atom stereocenters. The van der Waals surface area contributed by atoms with Crippen molar-refractivity contribution in [2.45, 2.75) is 19.3 Å². The number of hydrogen-bond donors (Lipinski definition) is 0. The summed E-state index contributed by atoms with van der Waals surface area (Å²) in [5.74, 6) is 0.724. The van der Waals surface area contributed by atoms with Crippen LogP contribution in [0.4, 0.5) is 0 Å². The lowest BCUT2D eigenvalue weighted by atomic mass is 9.80. The normalized spacial score (nSPS) is 13.1. The minimum Gasteiger partial charge on any atom is -0.228 e. The van der Waals surface area contributed by atoms with Gasteiger partial charge in [0.1, 0.15) is 0 Å². The van der Waals surface area contributed by atoms with Crippen LogP contribution in [0.1, 0.15) is 25.0 Å². The zero-order valence-corrected chi connectivity index (χ0v) is 26.4. The lowest BCUT2D eigenvalue weighted by molar-refractivity contribution is 0.666. The molecule has 1 aromatic heterocycles. The molecule has 8 aromatic rings. The molecule has 1 aliphatic carbocycles. The van der Waals surface area contributed by atoms with Gasteiger partial charge in [0.25, 0.3) is 0 Å². The summed E-state index contributed by atoms with van der Waals surface area (Å²) in [6.45, 7) is 4.75. The molecule has 9 rings (SSSR count). The Balaban J connectivity index is 1.27. The second-order valence-electron chi connectivity index (χ2n) is 13.0. The number of aromatic nitrogens is 2. The van der Waals surface area contributed by atoms with Gasteiger partial charge in [0, 0.05) is 22.1 Å². The van der Waals surface area contributed by atoms with Gasteiger partial charge < -0.3 is 0 Å². The summed E-state index contributed by atoms with van der Waals surface area (Å²) in [5, 5.41) is 5.02.